The summed E-state index contributed by atoms with van der Waals surface area (Å²) in [5, 5.41) is 3.52. The summed E-state index contributed by atoms with van der Waals surface area (Å²) in [6.07, 6.45) is 3.62. The van der Waals surface area contributed by atoms with Gasteiger partial charge in [-0.05, 0) is 54.8 Å². The van der Waals surface area contributed by atoms with Crippen LogP contribution in [0.25, 0.3) is 0 Å². The first kappa shape index (κ1) is 21.2. The normalized spacial score (nSPS) is 21.6. The van der Waals surface area contributed by atoms with E-state index in [9.17, 15) is 9.59 Å². The predicted molar refractivity (Wildman–Crippen MR) is 128 cm³/mol. The van der Waals surface area contributed by atoms with E-state index < -0.39 is 0 Å². The lowest BCUT2D eigenvalue weighted by Crippen LogP contribution is -2.20. The SMILES string of the molecule is Cc1cc(CC(=O)C[C@@H]2[C@H]3Oc4ccc(Oc5ccnc6c5CCC(=O)N6)cc4[C@@H]23)ccc1Cl. The molecule has 0 bridgehead atoms. The van der Waals surface area contributed by atoms with Gasteiger partial charge in [0.1, 0.15) is 35.0 Å². The highest BCUT2D eigenvalue weighted by molar-refractivity contribution is 6.31. The summed E-state index contributed by atoms with van der Waals surface area (Å²) in [6.45, 7) is 1.95. The second-order valence-corrected chi connectivity index (χ2v) is 9.67. The first-order valence-corrected chi connectivity index (χ1v) is 11.9. The summed E-state index contributed by atoms with van der Waals surface area (Å²) < 4.78 is 12.3. The maximum Gasteiger partial charge on any atom is 0.225 e. The molecule has 6 rings (SSSR count). The van der Waals surface area contributed by atoms with E-state index in [1.54, 1.807) is 6.20 Å². The highest BCUT2D eigenvalue weighted by Crippen LogP contribution is 2.60. The highest BCUT2D eigenvalue weighted by Gasteiger charge is 2.59. The number of aryl methyl sites for hydroxylation is 1. The molecule has 1 fully saturated rings. The summed E-state index contributed by atoms with van der Waals surface area (Å²) in [6, 6.07) is 13.4. The highest BCUT2D eigenvalue weighted by atomic mass is 35.5. The molecule has 7 heteroatoms. The van der Waals surface area contributed by atoms with Crippen LogP contribution in [0.15, 0.2) is 48.7 Å². The second-order valence-electron chi connectivity index (χ2n) is 9.26. The average Bonchev–Trinajstić information content (AvgIpc) is 3.32. The van der Waals surface area contributed by atoms with E-state index in [-0.39, 0.29) is 29.6 Å². The van der Waals surface area contributed by atoms with Gasteiger partial charge in [0.05, 0.1) is 0 Å². The number of rotatable bonds is 6. The largest absolute Gasteiger partial charge is 0.489 e. The number of amides is 1. The van der Waals surface area contributed by atoms with E-state index in [4.69, 9.17) is 21.1 Å². The Hall–Kier alpha value is -3.38. The zero-order chi connectivity index (χ0) is 23.4. The quantitative estimate of drug-likeness (QED) is 0.517. The van der Waals surface area contributed by atoms with Crippen LogP contribution in [0.4, 0.5) is 5.82 Å². The molecule has 0 radical (unpaired) electrons. The third-order valence-corrected chi connectivity index (χ3v) is 7.31. The summed E-state index contributed by atoms with van der Waals surface area (Å²) in [4.78, 5) is 28.6. The number of fused-ring (bicyclic) bond motifs is 4. The number of aromatic nitrogens is 1. The molecule has 2 aliphatic heterocycles. The van der Waals surface area contributed by atoms with Crippen molar-refractivity contribution in [3.63, 3.8) is 0 Å². The molecule has 172 valence electrons. The zero-order valence-corrected chi connectivity index (χ0v) is 19.4. The van der Waals surface area contributed by atoms with E-state index in [0.29, 0.717) is 48.0 Å². The maximum atomic E-state index is 12.7. The van der Waals surface area contributed by atoms with Crippen LogP contribution < -0.4 is 14.8 Å². The van der Waals surface area contributed by atoms with E-state index in [1.807, 2.05) is 49.4 Å². The number of benzene rings is 2. The second kappa shape index (κ2) is 8.13. The van der Waals surface area contributed by atoms with E-state index in [0.717, 1.165) is 28.0 Å². The molecular formula is C27H23ClN2O4. The minimum Gasteiger partial charge on any atom is -0.489 e. The number of carbonyl (C=O) groups excluding carboxylic acids is 2. The molecular weight excluding hydrogens is 452 g/mol. The number of hydrogen-bond acceptors (Lipinski definition) is 5. The minimum absolute atomic E-state index is 0.0293. The Morgan fingerprint density at radius 1 is 1.21 bits per heavy atom. The van der Waals surface area contributed by atoms with Gasteiger partial charge in [-0.1, -0.05) is 23.7 Å². The van der Waals surface area contributed by atoms with Crippen LogP contribution in [0.5, 0.6) is 17.2 Å². The van der Waals surface area contributed by atoms with Crippen molar-refractivity contribution in [1.29, 1.82) is 0 Å². The Kier molecular flexibility index (Phi) is 5.06. The van der Waals surface area contributed by atoms with E-state index in [1.165, 1.54) is 0 Å². The lowest BCUT2D eigenvalue weighted by molar-refractivity contribution is -0.119. The number of anilines is 1. The molecule has 6 nitrogen and oxygen atoms in total. The molecule has 0 unspecified atom stereocenters. The number of ether oxygens (including phenoxy) is 2. The predicted octanol–water partition coefficient (Wildman–Crippen LogP) is 5.40. The van der Waals surface area contributed by atoms with Gasteiger partial charge in [0, 0.05) is 53.4 Å². The number of nitrogens with zero attached hydrogens (tertiary/aromatic N) is 1. The van der Waals surface area contributed by atoms with Crippen molar-refractivity contribution in [3.8, 4) is 17.2 Å². The van der Waals surface area contributed by atoms with Gasteiger partial charge in [-0.2, -0.15) is 0 Å². The topological polar surface area (TPSA) is 77.5 Å². The number of hydrogen-bond donors (Lipinski definition) is 1. The fourth-order valence-electron chi connectivity index (χ4n) is 5.12. The van der Waals surface area contributed by atoms with E-state index in [2.05, 4.69) is 10.3 Å². The molecule has 0 saturated heterocycles. The van der Waals surface area contributed by atoms with Crippen LogP contribution in [0.2, 0.25) is 5.02 Å². The van der Waals surface area contributed by atoms with Crippen LogP contribution in [-0.4, -0.2) is 22.8 Å². The first-order valence-electron chi connectivity index (χ1n) is 11.5. The third kappa shape index (κ3) is 3.82. The number of Topliss-reactive ketones (excluding diaryl/α,β-unsaturated/α-hetero) is 1. The van der Waals surface area contributed by atoms with Crippen molar-refractivity contribution in [2.24, 2.45) is 5.92 Å². The van der Waals surface area contributed by atoms with E-state index >= 15 is 0 Å². The molecule has 3 heterocycles. The van der Waals surface area contributed by atoms with Crippen molar-refractivity contribution in [1.82, 2.24) is 4.98 Å². The molecule has 1 aliphatic carbocycles. The Morgan fingerprint density at radius 3 is 2.94 bits per heavy atom. The lowest BCUT2D eigenvalue weighted by atomic mass is 10.0. The molecule has 3 atom stereocenters. The number of ketones is 1. The molecule has 1 amide bonds. The Morgan fingerprint density at radius 2 is 2.09 bits per heavy atom. The number of nitrogens with one attached hydrogen (secondary N) is 1. The minimum atomic E-state index is -0.0293. The Bertz CT molecular complexity index is 1340. The number of carbonyl (C=O) groups is 2. The molecule has 3 aliphatic rings. The third-order valence-electron chi connectivity index (χ3n) is 6.89. The standard InChI is InChI=1S/C27H23ClN2O4/c1-14-10-15(2-5-21(14)28)11-16(31)12-20-25-19-13-17(3-6-22(19)34-26(20)25)33-23-8-9-29-27-18(23)4-7-24(32)30-27/h2-3,5-6,8-10,13,20,25-26H,4,7,11-12H2,1H3,(H,29,30,32)/t20-,25-,26+/m0/s1. The van der Waals surface area contributed by atoms with Gasteiger partial charge in [0.25, 0.3) is 0 Å². The summed E-state index contributed by atoms with van der Waals surface area (Å²) in [5.41, 5.74) is 3.98. The van der Waals surface area contributed by atoms with Gasteiger partial charge >= 0.3 is 0 Å². The van der Waals surface area contributed by atoms with Crippen molar-refractivity contribution >= 4 is 29.1 Å². The molecule has 3 aromatic rings. The maximum absolute atomic E-state index is 12.7. The van der Waals surface area contributed by atoms with Crippen molar-refractivity contribution < 1.29 is 19.1 Å². The number of pyridine rings is 1. The van der Waals surface area contributed by atoms with Gasteiger partial charge < -0.3 is 14.8 Å². The zero-order valence-electron chi connectivity index (χ0n) is 18.6. The summed E-state index contributed by atoms with van der Waals surface area (Å²) in [7, 11) is 0. The number of halogens is 1. The summed E-state index contributed by atoms with van der Waals surface area (Å²) >= 11 is 6.10. The molecule has 1 saturated carbocycles. The first-order chi connectivity index (χ1) is 16.5. The van der Waals surface area contributed by atoms with Crippen LogP contribution in [0.3, 0.4) is 0 Å². The smallest absolute Gasteiger partial charge is 0.225 e. The van der Waals surface area contributed by atoms with Gasteiger partial charge in [-0.15, -0.1) is 0 Å². The monoisotopic (exact) mass is 474 g/mol. The molecule has 1 N–H and O–H groups in total. The van der Waals surface area contributed by atoms with Crippen molar-refractivity contribution in [3.05, 3.63) is 75.9 Å². The van der Waals surface area contributed by atoms with Crippen molar-refractivity contribution in [2.45, 2.75) is 44.6 Å². The molecule has 1 aromatic heterocycles. The van der Waals surface area contributed by atoms with Gasteiger partial charge in [0.15, 0.2) is 0 Å². The lowest BCUT2D eigenvalue weighted by Gasteiger charge is -2.19. The van der Waals surface area contributed by atoms with Crippen LogP contribution in [0.1, 0.15) is 41.0 Å². The summed E-state index contributed by atoms with van der Waals surface area (Å²) in [5.74, 6) is 3.44. The Labute approximate surface area is 202 Å². The fourth-order valence-corrected chi connectivity index (χ4v) is 5.23. The fraction of sp³-hybridized carbons (Fsp3) is 0.296. The van der Waals surface area contributed by atoms with Crippen LogP contribution >= 0.6 is 11.6 Å². The van der Waals surface area contributed by atoms with Crippen molar-refractivity contribution in [2.75, 3.05) is 5.32 Å². The van der Waals surface area contributed by atoms with Gasteiger partial charge in [-0.3, -0.25) is 9.59 Å². The molecule has 2 aromatic carbocycles. The van der Waals surface area contributed by atoms with Crippen LogP contribution in [0, 0.1) is 12.8 Å². The average molecular weight is 475 g/mol. The van der Waals surface area contributed by atoms with Gasteiger partial charge in [-0.25, -0.2) is 4.98 Å². The van der Waals surface area contributed by atoms with Gasteiger partial charge in [0.2, 0.25) is 5.91 Å². The molecule has 0 spiro atoms. The Balaban J connectivity index is 1.14. The van der Waals surface area contributed by atoms with Crippen LogP contribution in [-0.2, 0) is 22.4 Å². The molecule has 34 heavy (non-hydrogen) atoms.